The fourth-order valence-electron chi connectivity index (χ4n) is 1.77. The van der Waals surface area contributed by atoms with E-state index < -0.39 is 5.60 Å². The molecule has 0 saturated carbocycles. The van der Waals surface area contributed by atoms with E-state index in [1.54, 1.807) is 5.41 Å². The van der Waals surface area contributed by atoms with Crippen LogP contribution < -0.4 is 0 Å². The van der Waals surface area contributed by atoms with Gasteiger partial charge in [0.2, 0.25) is 0 Å². The van der Waals surface area contributed by atoms with Crippen LogP contribution in [-0.4, -0.2) is 35.7 Å². The molecule has 1 rings (SSSR count). The van der Waals surface area contributed by atoms with Gasteiger partial charge in [0.05, 0.1) is 5.60 Å². The summed E-state index contributed by atoms with van der Waals surface area (Å²) in [5, 5.41) is 12.2. The average Bonchev–Trinajstić information content (AvgIpc) is 2.44. The van der Waals surface area contributed by atoms with Crippen LogP contribution in [0.15, 0.2) is 23.0 Å². The van der Waals surface area contributed by atoms with Gasteiger partial charge in [-0.05, 0) is 32.2 Å². The molecule has 0 spiro atoms. The lowest BCUT2D eigenvalue weighted by atomic mass is 9.91. The van der Waals surface area contributed by atoms with Crippen LogP contribution in [0.5, 0.6) is 0 Å². The maximum absolute atomic E-state index is 10.4. The Kier molecular flexibility index (Phi) is 13.2. The maximum Gasteiger partial charge on any atom is 0.0978 e. The van der Waals surface area contributed by atoms with Crippen molar-refractivity contribution in [2.24, 2.45) is 0 Å². The minimum atomic E-state index is -0.611. The molecule has 0 unspecified atom stereocenters. The lowest BCUT2D eigenvalue weighted by molar-refractivity contribution is 0.0233. The molecule has 0 amide bonds. The molecule has 1 heterocycles. The molecule has 0 bridgehead atoms. The second-order valence-corrected chi connectivity index (χ2v) is 4.78. The van der Waals surface area contributed by atoms with Crippen LogP contribution in [0.1, 0.15) is 47.5 Å². The van der Waals surface area contributed by atoms with Gasteiger partial charge in [-0.3, -0.25) is 0 Å². The maximum atomic E-state index is 10.4. The largest absolute Gasteiger partial charge is 0.385 e. The highest BCUT2D eigenvalue weighted by Gasteiger charge is 2.34. The third-order valence-corrected chi connectivity index (χ3v) is 3.78. The highest BCUT2D eigenvalue weighted by Crippen LogP contribution is 2.36. The van der Waals surface area contributed by atoms with Crippen LogP contribution in [0, 0.1) is 0 Å². The number of nitrogens with zero attached hydrogens (tertiary/aromatic N) is 1. The second-order valence-electron chi connectivity index (χ2n) is 3.77. The number of piperidine rings is 1. The summed E-state index contributed by atoms with van der Waals surface area (Å²) in [5.74, 6) is 0. The van der Waals surface area contributed by atoms with Crippen LogP contribution in [-0.2, 0) is 0 Å². The van der Waals surface area contributed by atoms with E-state index in [2.05, 4.69) is 18.5 Å². The van der Waals surface area contributed by atoms with E-state index >= 15 is 0 Å². The smallest absolute Gasteiger partial charge is 0.0978 e. The van der Waals surface area contributed by atoms with Gasteiger partial charge in [0.1, 0.15) is 0 Å². The van der Waals surface area contributed by atoms with Crippen molar-refractivity contribution in [3.05, 3.63) is 23.0 Å². The number of allylic oxidation sites excluding steroid dienone is 1. The topological polar surface area (TPSA) is 23.5 Å². The molecule has 3 heteroatoms. The van der Waals surface area contributed by atoms with Gasteiger partial charge in [-0.1, -0.05) is 40.3 Å². The molecule has 1 N–H and O–H groups in total. The van der Waals surface area contributed by atoms with E-state index in [9.17, 15) is 5.11 Å². The Morgan fingerprint density at radius 1 is 1.22 bits per heavy atom. The van der Waals surface area contributed by atoms with Crippen molar-refractivity contribution < 1.29 is 5.11 Å². The van der Waals surface area contributed by atoms with E-state index in [4.69, 9.17) is 0 Å². The van der Waals surface area contributed by atoms with E-state index in [0.717, 1.165) is 30.8 Å². The summed E-state index contributed by atoms with van der Waals surface area (Å²) in [7, 11) is 2.09. The average molecular weight is 273 g/mol. The first-order chi connectivity index (χ1) is 8.62. The zero-order valence-electron chi connectivity index (χ0n) is 13.0. The van der Waals surface area contributed by atoms with E-state index in [0.29, 0.717) is 0 Å². The predicted octanol–water partition coefficient (Wildman–Crippen LogP) is 4.28. The molecule has 2 nitrogen and oxygen atoms in total. The van der Waals surface area contributed by atoms with Gasteiger partial charge in [0.25, 0.3) is 0 Å². The number of hydrogen-bond acceptors (Lipinski definition) is 3. The molecule has 0 atom stereocenters. The SMILES string of the molecule is C=CS/C(=C\C)C1(O)CCN(C)CC1.CC.CC. The minimum absolute atomic E-state index is 0.611. The van der Waals surface area contributed by atoms with Crippen LogP contribution in [0.2, 0.25) is 0 Å². The van der Waals surface area contributed by atoms with Gasteiger partial charge in [0.15, 0.2) is 0 Å². The first-order valence-electron chi connectivity index (χ1n) is 6.97. The fraction of sp³-hybridized carbons (Fsp3) is 0.733. The Morgan fingerprint density at radius 2 is 1.67 bits per heavy atom. The standard InChI is InChI=1S/C11H19NOS.2C2H6/c1-4-10(14-5-2)11(13)6-8-12(3)9-7-11;2*1-2/h4-5,13H,2,6-9H2,1,3H3;2*1-2H3/b10-4-;;. The first kappa shape index (κ1) is 20.1. The van der Waals surface area contributed by atoms with Crippen molar-refractivity contribution in [3.8, 4) is 0 Å². The highest BCUT2D eigenvalue weighted by molar-refractivity contribution is 8.05. The monoisotopic (exact) mass is 273 g/mol. The molecule has 1 saturated heterocycles. The Hall–Kier alpha value is -0.250. The van der Waals surface area contributed by atoms with Crippen LogP contribution in [0.3, 0.4) is 0 Å². The Labute approximate surface area is 118 Å². The van der Waals surface area contributed by atoms with Gasteiger partial charge >= 0.3 is 0 Å². The molecule has 0 radical (unpaired) electrons. The molecule has 0 aromatic heterocycles. The Bertz CT molecular complexity index is 231. The van der Waals surface area contributed by atoms with Gasteiger partial charge < -0.3 is 10.0 Å². The number of rotatable bonds is 3. The lowest BCUT2D eigenvalue weighted by Crippen LogP contribution is -2.43. The zero-order chi connectivity index (χ0) is 14.6. The van der Waals surface area contributed by atoms with Crippen molar-refractivity contribution in [1.82, 2.24) is 4.90 Å². The van der Waals surface area contributed by atoms with Crippen LogP contribution in [0.4, 0.5) is 0 Å². The molecular formula is C15H31NOS. The van der Waals surface area contributed by atoms with Crippen LogP contribution >= 0.6 is 11.8 Å². The fourth-order valence-corrected chi connectivity index (χ4v) is 2.51. The second kappa shape index (κ2) is 11.8. The highest BCUT2D eigenvalue weighted by atomic mass is 32.2. The van der Waals surface area contributed by atoms with Gasteiger partial charge in [0, 0.05) is 18.0 Å². The Balaban J connectivity index is 0. The van der Waals surface area contributed by atoms with Crippen molar-refractivity contribution >= 4 is 11.8 Å². The normalized spacial score (nSPS) is 18.9. The summed E-state index contributed by atoms with van der Waals surface area (Å²) in [6, 6.07) is 0. The predicted molar refractivity (Wildman–Crippen MR) is 85.9 cm³/mol. The van der Waals surface area contributed by atoms with Crippen molar-refractivity contribution in [3.63, 3.8) is 0 Å². The molecule has 0 aliphatic carbocycles. The third-order valence-electron chi connectivity index (χ3n) is 2.75. The molecule has 1 fully saturated rings. The summed E-state index contributed by atoms with van der Waals surface area (Å²) >= 11 is 1.54. The summed E-state index contributed by atoms with van der Waals surface area (Å²) in [6.45, 7) is 15.6. The number of hydrogen-bond donors (Lipinski definition) is 1. The van der Waals surface area contributed by atoms with Gasteiger partial charge in [-0.25, -0.2) is 0 Å². The summed E-state index contributed by atoms with van der Waals surface area (Å²) in [6.07, 6.45) is 3.64. The molecular weight excluding hydrogens is 242 g/mol. The molecule has 18 heavy (non-hydrogen) atoms. The molecule has 1 aliphatic heterocycles. The lowest BCUT2D eigenvalue weighted by Gasteiger charge is -2.37. The molecule has 108 valence electrons. The van der Waals surface area contributed by atoms with E-state index in [1.165, 1.54) is 11.8 Å². The number of likely N-dealkylation sites (tertiary alicyclic amines) is 1. The van der Waals surface area contributed by atoms with Crippen molar-refractivity contribution in [2.75, 3.05) is 20.1 Å². The summed E-state index contributed by atoms with van der Waals surface area (Å²) in [5.41, 5.74) is -0.611. The molecule has 0 aromatic rings. The van der Waals surface area contributed by atoms with Crippen molar-refractivity contribution in [2.45, 2.75) is 53.1 Å². The first-order valence-corrected chi connectivity index (χ1v) is 7.85. The van der Waals surface area contributed by atoms with Gasteiger partial charge in [-0.15, -0.1) is 11.8 Å². The zero-order valence-corrected chi connectivity index (χ0v) is 13.8. The van der Waals surface area contributed by atoms with Gasteiger partial charge in [-0.2, -0.15) is 0 Å². The summed E-state index contributed by atoms with van der Waals surface area (Å²) < 4.78 is 0. The summed E-state index contributed by atoms with van der Waals surface area (Å²) in [4.78, 5) is 3.29. The third kappa shape index (κ3) is 6.62. The minimum Gasteiger partial charge on any atom is -0.385 e. The quantitative estimate of drug-likeness (QED) is 0.830. The van der Waals surface area contributed by atoms with E-state index in [1.807, 2.05) is 40.7 Å². The number of aliphatic hydroxyl groups is 1. The molecule has 0 aromatic carbocycles. The van der Waals surface area contributed by atoms with Crippen LogP contribution in [0.25, 0.3) is 0 Å². The molecule has 1 aliphatic rings. The Morgan fingerprint density at radius 3 is 2.00 bits per heavy atom. The van der Waals surface area contributed by atoms with Crippen molar-refractivity contribution in [1.29, 1.82) is 0 Å². The van der Waals surface area contributed by atoms with E-state index in [-0.39, 0.29) is 0 Å². The number of thioether (sulfide) groups is 1.